The van der Waals surface area contributed by atoms with Crippen molar-refractivity contribution in [2.75, 3.05) is 12.9 Å². The molecule has 0 spiro atoms. The van der Waals surface area contributed by atoms with Crippen molar-refractivity contribution in [3.8, 4) is 5.75 Å². The number of thioether (sulfide) groups is 1. The maximum absolute atomic E-state index is 13.8. The maximum atomic E-state index is 13.8. The van der Waals surface area contributed by atoms with Crippen LogP contribution >= 0.6 is 11.8 Å². The summed E-state index contributed by atoms with van der Waals surface area (Å²) in [5.74, 6) is 0.589. The molecule has 7 heteroatoms. The van der Waals surface area contributed by atoms with Crippen molar-refractivity contribution in [1.82, 2.24) is 10.2 Å². The number of amides is 2. The Morgan fingerprint density at radius 2 is 1.90 bits per heavy atom. The SMILES string of the molecule is CC[C@H](C)NC(=O)[C@H](C)N(Cc1cccc(OC)c1)C(=O)CSCc1ccccc1F. The number of carbonyl (C=O) groups is 2. The molecule has 0 saturated carbocycles. The van der Waals surface area contributed by atoms with Crippen molar-refractivity contribution < 1.29 is 18.7 Å². The number of rotatable bonds is 11. The van der Waals surface area contributed by atoms with Gasteiger partial charge in [0.2, 0.25) is 11.8 Å². The molecule has 0 bridgehead atoms. The smallest absolute Gasteiger partial charge is 0.242 e. The second-order valence-corrected chi connectivity index (χ2v) is 8.44. The van der Waals surface area contributed by atoms with Gasteiger partial charge in [0.1, 0.15) is 17.6 Å². The minimum Gasteiger partial charge on any atom is -0.497 e. The number of hydrogen-bond acceptors (Lipinski definition) is 4. The Labute approximate surface area is 188 Å². The average molecular weight is 447 g/mol. The highest BCUT2D eigenvalue weighted by molar-refractivity contribution is 7.99. The van der Waals surface area contributed by atoms with Gasteiger partial charge >= 0.3 is 0 Å². The Bertz CT molecular complexity index is 877. The fraction of sp³-hybridized carbons (Fsp3) is 0.417. The van der Waals surface area contributed by atoms with Gasteiger partial charge < -0.3 is 15.0 Å². The van der Waals surface area contributed by atoms with E-state index in [1.54, 1.807) is 37.1 Å². The van der Waals surface area contributed by atoms with Gasteiger partial charge in [-0.15, -0.1) is 11.8 Å². The molecule has 2 aromatic rings. The Morgan fingerprint density at radius 3 is 2.58 bits per heavy atom. The molecule has 168 valence electrons. The topological polar surface area (TPSA) is 58.6 Å². The van der Waals surface area contributed by atoms with Crippen LogP contribution in [0, 0.1) is 5.82 Å². The number of nitrogens with zero attached hydrogens (tertiary/aromatic N) is 1. The fourth-order valence-corrected chi connectivity index (χ4v) is 3.86. The van der Waals surface area contributed by atoms with Crippen molar-refractivity contribution in [1.29, 1.82) is 0 Å². The lowest BCUT2D eigenvalue weighted by atomic mass is 10.1. The van der Waals surface area contributed by atoms with Crippen LogP contribution in [0.25, 0.3) is 0 Å². The van der Waals surface area contributed by atoms with Gasteiger partial charge in [-0.05, 0) is 49.6 Å². The first kappa shape index (κ1) is 24.7. The van der Waals surface area contributed by atoms with Crippen LogP contribution in [0.2, 0.25) is 0 Å². The summed E-state index contributed by atoms with van der Waals surface area (Å²) >= 11 is 1.34. The lowest BCUT2D eigenvalue weighted by Crippen LogP contribution is -2.50. The first-order chi connectivity index (χ1) is 14.8. The Hall–Kier alpha value is -2.54. The van der Waals surface area contributed by atoms with E-state index in [1.165, 1.54) is 17.8 Å². The highest BCUT2D eigenvalue weighted by Crippen LogP contribution is 2.19. The zero-order valence-corrected chi connectivity index (χ0v) is 19.4. The Morgan fingerprint density at radius 1 is 1.16 bits per heavy atom. The molecule has 5 nitrogen and oxygen atoms in total. The summed E-state index contributed by atoms with van der Waals surface area (Å²) in [6.45, 7) is 5.94. The lowest BCUT2D eigenvalue weighted by Gasteiger charge is -2.29. The van der Waals surface area contributed by atoms with Crippen LogP contribution in [0.3, 0.4) is 0 Å². The molecule has 2 atom stereocenters. The van der Waals surface area contributed by atoms with Gasteiger partial charge in [0.05, 0.1) is 12.9 Å². The number of methoxy groups -OCH3 is 1. The number of hydrogen-bond donors (Lipinski definition) is 1. The molecule has 0 heterocycles. The van der Waals surface area contributed by atoms with Crippen LogP contribution in [0.4, 0.5) is 4.39 Å². The lowest BCUT2D eigenvalue weighted by molar-refractivity contribution is -0.138. The fourth-order valence-electron chi connectivity index (χ4n) is 2.96. The minimum absolute atomic E-state index is 0.0270. The van der Waals surface area contributed by atoms with Crippen LogP contribution in [-0.4, -0.2) is 41.7 Å². The molecule has 1 N–H and O–H groups in total. The molecule has 0 aliphatic carbocycles. The van der Waals surface area contributed by atoms with E-state index in [1.807, 2.05) is 38.1 Å². The Balaban J connectivity index is 2.11. The van der Waals surface area contributed by atoms with E-state index < -0.39 is 6.04 Å². The van der Waals surface area contributed by atoms with Crippen molar-refractivity contribution in [3.63, 3.8) is 0 Å². The molecular weight excluding hydrogens is 415 g/mol. The number of nitrogens with one attached hydrogen (secondary N) is 1. The van der Waals surface area contributed by atoms with Gasteiger partial charge in [-0.3, -0.25) is 9.59 Å². The van der Waals surface area contributed by atoms with Crippen molar-refractivity contribution in [2.45, 2.75) is 51.6 Å². The second-order valence-electron chi connectivity index (χ2n) is 7.45. The molecule has 2 amide bonds. The highest BCUT2D eigenvalue weighted by Gasteiger charge is 2.26. The number of benzene rings is 2. The van der Waals surface area contributed by atoms with E-state index >= 15 is 0 Å². The summed E-state index contributed by atoms with van der Waals surface area (Å²) in [6.07, 6.45) is 0.806. The van der Waals surface area contributed by atoms with Gasteiger partial charge in [0.25, 0.3) is 0 Å². The molecule has 0 aromatic heterocycles. The molecule has 0 aliphatic heterocycles. The Kier molecular flexibility index (Phi) is 9.85. The van der Waals surface area contributed by atoms with E-state index in [9.17, 15) is 14.0 Å². The van der Waals surface area contributed by atoms with E-state index in [0.29, 0.717) is 17.1 Å². The van der Waals surface area contributed by atoms with Crippen LogP contribution in [0.1, 0.15) is 38.3 Å². The summed E-state index contributed by atoms with van der Waals surface area (Å²) in [6, 6.07) is 13.4. The number of halogens is 1. The normalized spacial score (nSPS) is 12.7. The van der Waals surface area contributed by atoms with Gasteiger partial charge in [0.15, 0.2) is 0 Å². The standard InChI is InChI=1S/C24H31FN2O3S/c1-5-17(2)26-24(29)18(3)27(14-19-9-8-11-21(13-19)30-4)23(28)16-31-15-20-10-6-7-12-22(20)25/h6-13,17-18H,5,14-16H2,1-4H3,(H,26,29)/t17-,18-/m0/s1. The van der Waals surface area contributed by atoms with Crippen molar-refractivity contribution in [2.24, 2.45) is 0 Å². The van der Waals surface area contributed by atoms with E-state index in [4.69, 9.17) is 4.74 Å². The molecule has 2 rings (SSSR count). The van der Waals surface area contributed by atoms with Crippen LogP contribution in [-0.2, 0) is 21.9 Å². The summed E-state index contributed by atoms with van der Waals surface area (Å²) in [5.41, 5.74) is 1.43. The zero-order chi connectivity index (χ0) is 22.8. The molecule has 0 saturated heterocycles. The van der Waals surface area contributed by atoms with E-state index in [2.05, 4.69) is 5.32 Å². The zero-order valence-electron chi connectivity index (χ0n) is 18.6. The van der Waals surface area contributed by atoms with Crippen LogP contribution in [0.15, 0.2) is 48.5 Å². The predicted octanol–water partition coefficient (Wildman–Crippen LogP) is 4.40. The van der Waals surface area contributed by atoms with E-state index in [0.717, 1.165) is 12.0 Å². The van der Waals surface area contributed by atoms with Gasteiger partial charge in [0, 0.05) is 18.3 Å². The summed E-state index contributed by atoms with van der Waals surface area (Å²) in [4.78, 5) is 27.4. The van der Waals surface area contributed by atoms with Crippen LogP contribution < -0.4 is 10.1 Å². The second kappa shape index (κ2) is 12.3. The average Bonchev–Trinajstić information content (AvgIpc) is 2.78. The third-order valence-electron chi connectivity index (χ3n) is 5.10. The predicted molar refractivity (Wildman–Crippen MR) is 123 cm³/mol. The third kappa shape index (κ3) is 7.58. The van der Waals surface area contributed by atoms with Gasteiger partial charge in [-0.1, -0.05) is 37.3 Å². The minimum atomic E-state index is -0.637. The molecule has 0 fully saturated rings. The summed E-state index contributed by atoms with van der Waals surface area (Å²) in [7, 11) is 1.59. The molecule has 31 heavy (non-hydrogen) atoms. The van der Waals surface area contributed by atoms with Gasteiger partial charge in [-0.2, -0.15) is 0 Å². The van der Waals surface area contributed by atoms with E-state index in [-0.39, 0.29) is 36.0 Å². The molecular formula is C24H31FN2O3S. The highest BCUT2D eigenvalue weighted by atomic mass is 32.2. The van der Waals surface area contributed by atoms with Crippen molar-refractivity contribution >= 4 is 23.6 Å². The summed E-state index contributed by atoms with van der Waals surface area (Å²) in [5, 5.41) is 2.95. The molecule has 0 unspecified atom stereocenters. The van der Waals surface area contributed by atoms with Crippen molar-refractivity contribution in [3.05, 3.63) is 65.5 Å². The van der Waals surface area contributed by atoms with Gasteiger partial charge in [-0.25, -0.2) is 4.39 Å². The van der Waals surface area contributed by atoms with Crippen LogP contribution in [0.5, 0.6) is 5.75 Å². The molecule has 2 aromatic carbocycles. The monoisotopic (exact) mass is 446 g/mol. The first-order valence-electron chi connectivity index (χ1n) is 10.4. The quantitative estimate of drug-likeness (QED) is 0.556. The molecule has 0 aliphatic rings. The number of carbonyl (C=O) groups excluding carboxylic acids is 2. The maximum Gasteiger partial charge on any atom is 0.242 e. The summed E-state index contributed by atoms with van der Waals surface area (Å²) < 4.78 is 19.1. The third-order valence-corrected chi connectivity index (χ3v) is 6.06. The number of ether oxygens (including phenoxy) is 1. The largest absolute Gasteiger partial charge is 0.497 e. The molecule has 0 radical (unpaired) electrons. The first-order valence-corrected chi connectivity index (χ1v) is 11.5.